The van der Waals surface area contributed by atoms with Crippen molar-refractivity contribution in [1.82, 2.24) is 9.55 Å². The summed E-state index contributed by atoms with van der Waals surface area (Å²) in [6.45, 7) is 6.23. The molecule has 0 aromatic carbocycles. The smallest absolute Gasteiger partial charge is 0.316 e. The monoisotopic (exact) mass is 350 g/mol. The largest absolute Gasteiger partial charge is 0.465 e. The first kappa shape index (κ1) is 16.3. The zero-order chi connectivity index (χ0) is 16.4. The topological polar surface area (TPSA) is 61.2 Å². The Morgan fingerprint density at radius 3 is 3.09 bits per heavy atom. The Labute approximate surface area is 142 Å². The van der Waals surface area contributed by atoms with E-state index in [1.807, 2.05) is 0 Å². The second kappa shape index (κ2) is 6.88. The van der Waals surface area contributed by atoms with Crippen LogP contribution in [0, 0.1) is 0 Å². The van der Waals surface area contributed by atoms with E-state index in [0.29, 0.717) is 18.3 Å². The van der Waals surface area contributed by atoms with Gasteiger partial charge in [-0.2, -0.15) is 0 Å². The van der Waals surface area contributed by atoms with Gasteiger partial charge in [0.1, 0.15) is 4.83 Å². The fourth-order valence-corrected chi connectivity index (χ4v) is 4.89. The lowest BCUT2D eigenvalue weighted by molar-refractivity contribution is -0.139. The average molecular weight is 350 g/mol. The van der Waals surface area contributed by atoms with E-state index in [0.717, 1.165) is 29.5 Å². The number of fused-ring (bicyclic) bond motifs is 3. The molecule has 3 rings (SSSR count). The van der Waals surface area contributed by atoms with E-state index >= 15 is 0 Å². The van der Waals surface area contributed by atoms with Crippen molar-refractivity contribution >= 4 is 39.3 Å². The zero-order valence-electron chi connectivity index (χ0n) is 13.0. The van der Waals surface area contributed by atoms with Gasteiger partial charge >= 0.3 is 5.97 Å². The van der Waals surface area contributed by atoms with E-state index in [1.54, 1.807) is 28.9 Å². The Hall–Kier alpha value is -1.60. The van der Waals surface area contributed by atoms with Crippen LogP contribution >= 0.6 is 23.1 Å². The molecule has 2 heterocycles. The summed E-state index contributed by atoms with van der Waals surface area (Å²) in [7, 11) is 0. The molecular formula is C16H18N2O3S2. The zero-order valence-corrected chi connectivity index (χ0v) is 14.6. The van der Waals surface area contributed by atoms with Crippen LogP contribution in [0.3, 0.4) is 0 Å². The number of nitrogens with zero attached hydrogens (tertiary/aromatic N) is 2. The fourth-order valence-electron chi connectivity index (χ4n) is 2.78. The van der Waals surface area contributed by atoms with Gasteiger partial charge < -0.3 is 4.74 Å². The summed E-state index contributed by atoms with van der Waals surface area (Å²) in [5.41, 5.74) is 1.14. The number of carbonyl (C=O) groups is 1. The minimum Gasteiger partial charge on any atom is -0.465 e. The molecule has 0 aliphatic heterocycles. The van der Waals surface area contributed by atoms with Crippen LogP contribution in [0.25, 0.3) is 10.2 Å². The van der Waals surface area contributed by atoms with Crippen molar-refractivity contribution in [3.8, 4) is 0 Å². The van der Waals surface area contributed by atoms with Crippen molar-refractivity contribution in [2.45, 2.75) is 37.9 Å². The molecule has 0 saturated carbocycles. The number of ether oxygens (including phenoxy) is 1. The molecule has 122 valence electrons. The normalized spacial score (nSPS) is 13.3. The molecule has 0 amide bonds. The molecule has 5 nitrogen and oxygen atoms in total. The Kier molecular flexibility index (Phi) is 4.87. The summed E-state index contributed by atoms with van der Waals surface area (Å²) in [4.78, 5) is 31.2. The third kappa shape index (κ3) is 3.07. The third-order valence-corrected chi connectivity index (χ3v) is 5.86. The van der Waals surface area contributed by atoms with E-state index in [-0.39, 0.29) is 17.3 Å². The van der Waals surface area contributed by atoms with Gasteiger partial charge in [-0.25, -0.2) is 4.98 Å². The first-order chi connectivity index (χ1) is 11.2. The standard InChI is InChI=1S/C16H18N2O3S2/c1-3-8-18-15(20)13-10-6-5-7-11(10)23-14(13)17-16(18)22-9-12(19)21-4-2/h3H,1,4-9H2,2H3. The lowest BCUT2D eigenvalue weighted by Gasteiger charge is -2.10. The maximum absolute atomic E-state index is 12.9. The van der Waals surface area contributed by atoms with Gasteiger partial charge in [0.15, 0.2) is 5.16 Å². The number of hydrogen-bond acceptors (Lipinski definition) is 6. The molecule has 23 heavy (non-hydrogen) atoms. The van der Waals surface area contributed by atoms with Gasteiger partial charge in [0.2, 0.25) is 0 Å². The van der Waals surface area contributed by atoms with Gasteiger partial charge in [0.25, 0.3) is 5.56 Å². The molecule has 2 aromatic heterocycles. The first-order valence-electron chi connectivity index (χ1n) is 7.60. The predicted octanol–water partition coefficient (Wildman–Crippen LogP) is 2.79. The van der Waals surface area contributed by atoms with Crippen LogP contribution in [0.5, 0.6) is 0 Å². The molecule has 1 aliphatic rings. The van der Waals surface area contributed by atoms with Crippen LogP contribution in [-0.4, -0.2) is 27.9 Å². The summed E-state index contributed by atoms with van der Waals surface area (Å²) in [5.74, 6) is -0.153. The molecule has 0 radical (unpaired) electrons. The second-order valence-electron chi connectivity index (χ2n) is 5.23. The Morgan fingerprint density at radius 2 is 2.35 bits per heavy atom. The van der Waals surface area contributed by atoms with Crippen molar-refractivity contribution in [3.63, 3.8) is 0 Å². The highest BCUT2D eigenvalue weighted by atomic mass is 32.2. The molecule has 0 unspecified atom stereocenters. The summed E-state index contributed by atoms with van der Waals surface area (Å²) in [5, 5.41) is 1.31. The van der Waals surface area contributed by atoms with Crippen molar-refractivity contribution < 1.29 is 9.53 Å². The van der Waals surface area contributed by atoms with Crippen LogP contribution in [0.1, 0.15) is 23.8 Å². The predicted molar refractivity (Wildman–Crippen MR) is 93.5 cm³/mol. The van der Waals surface area contributed by atoms with E-state index in [9.17, 15) is 9.59 Å². The number of rotatable bonds is 6. The highest BCUT2D eigenvalue weighted by molar-refractivity contribution is 7.99. The SMILES string of the molecule is C=CCn1c(SCC(=O)OCC)nc2sc3c(c2c1=O)CCC3. The molecule has 2 aromatic rings. The summed E-state index contributed by atoms with van der Waals surface area (Å²) < 4.78 is 6.54. The first-order valence-corrected chi connectivity index (χ1v) is 9.40. The number of thioether (sulfide) groups is 1. The summed E-state index contributed by atoms with van der Waals surface area (Å²) in [6, 6.07) is 0. The van der Waals surface area contributed by atoms with Gasteiger partial charge in [-0.05, 0) is 31.7 Å². The van der Waals surface area contributed by atoms with Crippen molar-refractivity contribution in [2.24, 2.45) is 0 Å². The maximum Gasteiger partial charge on any atom is 0.316 e. The fraction of sp³-hybridized carbons (Fsp3) is 0.438. The number of allylic oxidation sites excluding steroid dienone is 1. The molecule has 0 fully saturated rings. The average Bonchev–Trinajstić information content (AvgIpc) is 3.09. The molecule has 0 bridgehead atoms. The number of esters is 1. The molecule has 0 N–H and O–H groups in total. The van der Waals surface area contributed by atoms with Crippen LogP contribution < -0.4 is 5.56 Å². The minimum atomic E-state index is -0.300. The molecule has 1 aliphatic carbocycles. The summed E-state index contributed by atoms with van der Waals surface area (Å²) >= 11 is 2.85. The second-order valence-corrected chi connectivity index (χ2v) is 7.26. The van der Waals surface area contributed by atoms with Gasteiger partial charge in [0.05, 0.1) is 17.7 Å². The highest BCUT2D eigenvalue weighted by Crippen LogP contribution is 2.35. The Balaban J connectivity index is 2.03. The Morgan fingerprint density at radius 1 is 1.52 bits per heavy atom. The minimum absolute atomic E-state index is 0.0272. The van der Waals surface area contributed by atoms with E-state index in [2.05, 4.69) is 11.6 Å². The number of carbonyl (C=O) groups excluding carboxylic acids is 1. The molecule has 7 heteroatoms. The van der Waals surface area contributed by atoms with Crippen molar-refractivity contribution in [2.75, 3.05) is 12.4 Å². The van der Waals surface area contributed by atoms with Crippen molar-refractivity contribution in [1.29, 1.82) is 0 Å². The van der Waals surface area contributed by atoms with E-state index in [4.69, 9.17) is 4.74 Å². The lowest BCUT2D eigenvalue weighted by Crippen LogP contribution is -2.23. The number of aryl methyl sites for hydroxylation is 2. The van der Waals surface area contributed by atoms with Gasteiger partial charge in [-0.15, -0.1) is 17.9 Å². The molecule has 0 saturated heterocycles. The summed E-state index contributed by atoms with van der Waals surface area (Å²) in [6.07, 6.45) is 4.77. The quantitative estimate of drug-likeness (QED) is 0.347. The molecule has 0 atom stereocenters. The maximum atomic E-state index is 12.9. The number of thiophene rings is 1. The van der Waals surface area contributed by atoms with E-state index in [1.165, 1.54) is 22.2 Å². The highest BCUT2D eigenvalue weighted by Gasteiger charge is 2.23. The van der Waals surface area contributed by atoms with Gasteiger partial charge in [0, 0.05) is 11.4 Å². The lowest BCUT2D eigenvalue weighted by atomic mass is 10.2. The van der Waals surface area contributed by atoms with Gasteiger partial charge in [-0.3, -0.25) is 14.2 Å². The molecule has 0 spiro atoms. The van der Waals surface area contributed by atoms with Crippen molar-refractivity contribution in [3.05, 3.63) is 33.4 Å². The van der Waals surface area contributed by atoms with E-state index < -0.39 is 0 Å². The van der Waals surface area contributed by atoms with Crippen LogP contribution in [0.2, 0.25) is 0 Å². The van der Waals surface area contributed by atoms with Gasteiger partial charge in [-0.1, -0.05) is 17.8 Å². The number of aromatic nitrogens is 2. The Bertz CT molecular complexity index is 823. The van der Waals surface area contributed by atoms with Crippen LogP contribution in [0.15, 0.2) is 22.6 Å². The third-order valence-electron chi connectivity index (χ3n) is 3.73. The van der Waals surface area contributed by atoms with Crippen LogP contribution in [0.4, 0.5) is 0 Å². The number of hydrogen-bond donors (Lipinski definition) is 0. The molecular weight excluding hydrogens is 332 g/mol. The van der Waals surface area contributed by atoms with Crippen LogP contribution in [-0.2, 0) is 28.9 Å².